The first-order valence-electron chi connectivity index (χ1n) is 13.1. The molecular weight excluding hydrogens is 494 g/mol. The minimum atomic E-state index is -0.929. The third-order valence-corrected chi connectivity index (χ3v) is 7.10. The van der Waals surface area contributed by atoms with Gasteiger partial charge in [0, 0.05) is 23.9 Å². The van der Waals surface area contributed by atoms with Crippen LogP contribution in [-0.2, 0) is 6.42 Å². The van der Waals surface area contributed by atoms with E-state index >= 15 is 0 Å². The summed E-state index contributed by atoms with van der Waals surface area (Å²) in [7, 11) is 0. The van der Waals surface area contributed by atoms with Crippen molar-refractivity contribution in [2.45, 2.75) is 25.0 Å². The van der Waals surface area contributed by atoms with E-state index in [9.17, 15) is 9.90 Å². The van der Waals surface area contributed by atoms with E-state index in [1.807, 2.05) is 66.7 Å². The molecule has 2 atom stereocenters. The summed E-state index contributed by atoms with van der Waals surface area (Å²) in [5.74, 6) is 0.628. The zero-order valence-electron chi connectivity index (χ0n) is 21.3. The number of hydrogen-bond donors (Lipinski definition) is 3. The molecule has 0 radical (unpaired) electrons. The van der Waals surface area contributed by atoms with Gasteiger partial charge in [-0.25, -0.2) is 4.79 Å². The fourth-order valence-corrected chi connectivity index (χ4v) is 5.03. The maximum absolute atomic E-state index is 11.1. The molecule has 0 bridgehead atoms. The summed E-state index contributed by atoms with van der Waals surface area (Å²) in [6, 6.07) is 26.6. The van der Waals surface area contributed by atoms with Crippen LogP contribution in [0.1, 0.15) is 22.3 Å². The van der Waals surface area contributed by atoms with Crippen LogP contribution in [0.25, 0.3) is 33.1 Å². The normalized spacial score (nSPS) is 15.6. The lowest BCUT2D eigenvalue weighted by Gasteiger charge is -2.27. The van der Waals surface area contributed by atoms with Crippen molar-refractivity contribution in [2.75, 3.05) is 19.7 Å². The Morgan fingerprint density at radius 1 is 0.949 bits per heavy atom. The first-order chi connectivity index (χ1) is 19.0. The Hall–Kier alpha value is -4.33. The van der Waals surface area contributed by atoms with Crippen molar-refractivity contribution < 1.29 is 28.9 Å². The Labute approximate surface area is 225 Å². The van der Waals surface area contributed by atoms with Gasteiger partial charge >= 0.3 is 5.97 Å². The van der Waals surface area contributed by atoms with Gasteiger partial charge in [0.2, 0.25) is 0 Å². The number of carbonyl (C=O) groups is 1. The van der Waals surface area contributed by atoms with Crippen LogP contribution in [0, 0.1) is 0 Å². The molecule has 0 saturated heterocycles. The van der Waals surface area contributed by atoms with Crippen LogP contribution in [0.4, 0.5) is 0 Å². The van der Waals surface area contributed by atoms with Gasteiger partial charge < -0.3 is 29.4 Å². The Morgan fingerprint density at radius 3 is 2.59 bits per heavy atom. The molecule has 1 aliphatic rings. The number of aliphatic hydroxyl groups excluding tert-OH is 1. The molecule has 198 valence electrons. The van der Waals surface area contributed by atoms with Crippen LogP contribution in [0.15, 0.2) is 89.3 Å². The predicted octanol–water partition coefficient (Wildman–Crippen LogP) is 5.67. The SMILES string of the molecule is O=C(O)c1ccc(-c2ccc3c(c2)CCC(CNCC(O)COc2ccc4oc5ccccc5c4c2)O3)cc1. The van der Waals surface area contributed by atoms with E-state index in [0.29, 0.717) is 18.8 Å². The first-order valence-corrected chi connectivity index (χ1v) is 13.1. The molecule has 7 nitrogen and oxygen atoms in total. The summed E-state index contributed by atoms with van der Waals surface area (Å²) < 4.78 is 17.9. The quantitative estimate of drug-likeness (QED) is 0.229. The fraction of sp³-hybridized carbons (Fsp3) is 0.219. The van der Waals surface area contributed by atoms with Crippen LogP contribution < -0.4 is 14.8 Å². The van der Waals surface area contributed by atoms with Crippen LogP contribution >= 0.6 is 0 Å². The largest absolute Gasteiger partial charge is 0.491 e. The third-order valence-electron chi connectivity index (χ3n) is 7.10. The molecule has 1 aliphatic heterocycles. The van der Waals surface area contributed by atoms with Gasteiger partial charge in [-0.05, 0) is 78.1 Å². The van der Waals surface area contributed by atoms with E-state index in [1.165, 1.54) is 0 Å². The van der Waals surface area contributed by atoms with E-state index in [1.54, 1.807) is 12.1 Å². The van der Waals surface area contributed by atoms with E-state index in [0.717, 1.165) is 57.2 Å². The second kappa shape index (κ2) is 10.8. The zero-order chi connectivity index (χ0) is 26.8. The number of furan rings is 1. The van der Waals surface area contributed by atoms with Crippen molar-refractivity contribution in [1.29, 1.82) is 0 Å². The van der Waals surface area contributed by atoms with Gasteiger partial charge in [0.15, 0.2) is 0 Å². The fourth-order valence-electron chi connectivity index (χ4n) is 5.03. The van der Waals surface area contributed by atoms with Gasteiger partial charge in [-0.2, -0.15) is 0 Å². The van der Waals surface area contributed by atoms with Crippen LogP contribution in [-0.4, -0.2) is 48.1 Å². The zero-order valence-corrected chi connectivity index (χ0v) is 21.3. The number of carboxylic acids is 1. The Kier molecular flexibility index (Phi) is 6.92. The highest BCUT2D eigenvalue weighted by Crippen LogP contribution is 2.33. The van der Waals surface area contributed by atoms with Crippen molar-refractivity contribution in [3.05, 3.63) is 96.1 Å². The molecule has 0 saturated carbocycles. The summed E-state index contributed by atoms with van der Waals surface area (Å²) in [6.07, 6.45) is 1.11. The van der Waals surface area contributed by atoms with E-state index in [4.69, 9.17) is 19.0 Å². The Balaban J connectivity index is 0.983. The van der Waals surface area contributed by atoms with Crippen molar-refractivity contribution in [3.63, 3.8) is 0 Å². The molecule has 3 N–H and O–H groups in total. The number of ether oxygens (including phenoxy) is 2. The number of carboxylic acid groups (broad SMARTS) is 1. The molecule has 2 heterocycles. The van der Waals surface area contributed by atoms with Gasteiger partial charge in [-0.15, -0.1) is 0 Å². The summed E-state index contributed by atoms with van der Waals surface area (Å²) in [4.78, 5) is 11.1. The minimum absolute atomic E-state index is 0.0168. The maximum atomic E-state index is 11.1. The molecule has 5 aromatic rings. The lowest BCUT2D eigenvalue weighted by atomic mass is 9.96. The third kappa shape index (κ3) is 5.46. The van der Waals surface area contributed by atoms with Crippen LogP contribution in [0.5, 0.6) is 11.5 Å². The molecule has 1 aromatic heterocycles. The molecule has 2 unspecified atom stereocenters. The van der Waals surface area contributed by atoms with Crippen molar-refractivity contribution in [3.8, 4) is 22.6 Å². The van der Waals surface area contributed by atoms with Gasteiger partial charge in [-0.3, -0.25) is 0 Å². The van der Waals surface area contributed by atoms with Crippen molar-refractivity contribution in [1.82, 2.24) is 5.32 Å². The predicted molar refractivity (Wildman–Crippen MR) is 150 cm³/mol. The Morgan fingerprint density at radius 2 is 1.74 bits per heavy atom. The number of fused-ring (bicyclic) bond motifs is 4. The van der Waals surface area contributed by atoms with Gasteiger partial charge in [-0.1, -0.05) is 36.4 Å². The lowest BCUT2D eigenvalue weighted by molar-refractivity contribution is 0.0697. The molecule has 39 heavy (non-hydrogen) atoms. The molecule has 6 rings (SSSR count). The average Bonchev–Trinajstić information content (AvgIpc) is 3.34. The summed E-state index contributed by atoms with van der Waals surface area (Å²) >= 11 is 0. The highest BCUT2D eigenvalue weighted by atomic mass is 16.5. The van der Waals surface area contributed by atoms with Gasteiger partial charge in [0.25, 0.3) is 0 Å². The van der Waals surface area contributed by atoms with Gasteiger partial charge in [0.1, 0.15) is 41.5 Å². The highest BCUT2D eigenvalue weighted by Gasteiger charge is 2.20. The smallest absolute Gasteiger partial charge is 0.335 e. The molecular formula is C32H29NO6. The number of aromatic carboxylic acids is 1. The minimum Gasteiger partial charge on any atom is -0.491 e. The van der Waals surface area contributed by atoms with E-state index in [-0.39, 0.29) is 18.3 Å². The highest BCUT2D eigenvalue weighted by molar-refractivity contribution is 6.05. The molecule has 0 amide bonds. The summed E-state index contributed by atoms with van der Waals surface area (Å²) in [5, 5.41) is 24.9. The average molecular weight is 524 g/mol. The maximum Gasteiger partial charge on any atom is 0.335 e. The number of aliphatic hydroxyl groups is 1. The molecule has 0 fully saturated rings. The Bertz CT molecular complexity index is 1620. The van der Waals surface area contributed by atoms with Crippen LogP contribution in [0.3, 0.4) is 0 Å². The first kappa shape index (κ1) is 25.0. The topological polar surface area (TPSA) is 101 Å². The van der Waals surface area contributed by atoms with E-state index < -0.39 is 12.1 Å². The standard InChI is InChI=1S/C32H29NO6/c34-24(19-37-25-12-14-31-28(16-25)27-3-1-2-4-30(27)39-31)17-33-18-26-11-9-23-15-22(10-13-29(23)38-26)20-5-7-21(8-6-20)32(35)36/h1-8,10,12-16,24,26,33-34H,9,11,17-19H2,(H,35,36). The van der Waals surface area contributed by atoms with Crippen molar-refractivity contribution >= 4 is 27.9 Å². The molecule has 7 heteroatoms. The van der Waals surface area contributed by atoms with Crippen molar-refractivity contribution in [2.24, 2.45) is 0 Å². The lowest BCUT2D eigenvalue weighted by Crippen LogP contribution is -2.39. The number of hydrogen-bond acceptors (Lipinski definition) is 6. The number of para-hydroxylation sites is 1. The number of aryl methyl sites for hydroxylation is 1. The second-order valence-corrected chi connectivity index (χ2v) is 9.86. The molecule has 0 spiro atoms. The van der Waals surface area contributed by atoms with Gasteiger partial charge in [0.05, 0.1) is 5.56 Å². The number of rotatable bonds is 9. The van der Waals surface area contributed by atoms with E-state index in [2.05, 4.69) is 11.4 Å². The van der Waals surface area contributed by atoms with Crippen LogP contribution in [0.2, 0.25) is 0 Å². The molecule has 0 aliphatic carbocycles. The summed E-state index contributed by atoms with van der Waals surface area (Å²) in [5.41, 5.74) is 5.08. The molecule has 4 aromatic carbocycles. The monoisotopic (exact) mass is 523 g/mol. The second-order valence-electron chi connectivity index (χ2n) is 9.86. The number of benzene rings is 4. The number of nitrogens with one attached hydrogen (secondary N) is 1. The summed E-state index contributed by atoms with van der Waals surface area (Å²) in [6.45, 7) is 1.20.